The van der Waals surface area contributed by atoms with Crippen molar-refractivity contribution in [3.63, 3.8) is 0 Å². The molecule has 160 valence electrons. The number of halogens is 2. The van der Waals surface area contributed by atoms with Gasteiger partial charge in [0.05, 0.1) is 12.0 Å². The Morgan fingerprint density at radius 2 is 1.77 bits per heavy atom. The van der Waals surface area contributed by atoms with Crippen LogP contribution in [0.5, 0.6) is 11.5 Å². The molecule has 0 radical (unpaired) electrons. The number of hydrogen-bond donors (Lipinski definition) is 2. The Balaban J connectivity index is 1.71. The van der Waals surface area contributed by atoms with E-state index in [2.05, 4.69) is 0 Å². The fourth-order valence-corrected chi connectivity index (χ4v) is 5.36. The lowest BCUT2D eigenvalue weighted by Crippen LogP contribution is -2.51. The van der Waals surface area contributed by atoms with Gasteiger partial charge in [-0.3, -0.25) is 0 Å². The molecule has 1 fully saturated rings. The predicted octanol–water partition coefficient (Wildman–Crippen LogP) is 4.98. The van der Waals surface area contributed by atoms with Crippen molar-refractivity contribution < 1.29 is 19.7 Å². The molecule has 31 heavy (non-hydrogen) atoms. The second-order valence-corrected chi connectivity index (χ2v) is 8.84. The second-order valence-electron chi connectivity index (χ2n) is 8.02. The molecule has 0 unspecified atom stereocenters. The van der Waals surface area contributed by atoms with Crippen molar-refractivity contribution in [1.82, 2.24) is 0 Å². The highest BCUT2D eigenvalue weighted by atomic mass is 35.5. The maximum atomic E-state index is 12.2. The summed E-state index contributed by atoms with van der Waals surface area (Å²) < 4.78 is 12.3. The first-order valence-corrected chi connectivity index (χ1v) is 11.2. The number of fused-ring (bicyclic) bond motifs is 3. The number of aliphatic hydroxyl groups excluding tert-OH is 1. The smallest absolute Gasteiger partial charge is 0.176 e. The maximum Gasteiger partial charge on any atom is 0.176 e. The van der Waals surface area contributed by atoms with E-state index in [1.807, 2.05) is 42.5 Å². The van der Waals surface area contributed by atoms with Crippen LogP contribution in [0.25, 0.3) is 0 Å². The summed E-state index contributed by atoms with van der Waals surface area (Å²) in [6.07, 6.45) is -0.670. The van der Waals surface area contributed by atoms with Crippen molar-refractivity contribution in [2.75, 3.05) is 12.5 Å². The molecule has 1 aliphatic carbocycles. The Morgan fingerprint density at radius 1 is 1.03 bits per heavy atom. The number of alkyl halides is 1. The molecule has 6 heteroatoms. The third-order valence-corrected chi connectivity index (χ3v) is 6.86. The van der Waals surface area contributed by atoms with E-state index in [1.165, 1.54) is 0 Å². The normalized spacial score (nSPS) is 28.6. The van der Waals surface area contributed by atoms with Crippen LogP contribution in [0.3, 0.4) is 0 Å². The summed E-state index contributed by atoms with van der Waals surface area (Å²) in [7, 11) is 0. The van der Waals surface area contributed by atoms with Gasteiger partial charge in [-0.2, -0.15) is 0 Å². The topological polar surface area (TPSA) is 58.9 Å². The molecule has 1 saturated carbocycles. The van der Waals surface area contributed by atoms with Crippen molar-refractivity contribution in [3.05, 3.63) is 94.5 Å². The summed E-state index contributed by atoms with van der Waals surface area (Å²) in [6, 6.07) is 22.4. The van der Waals surface area contributed by atoms with Crippen LogP contribution in [0, 0.1) is 0 Å². The average molecular weight is 457 g/mol. The Bertz CT molecular complexity index is 1090. The molecule has 4 nitrogen and oxygen atoms in total. The van der Waals surface area contributed by atoms with Crippen LogP contribution in [-0.4, -0.2) is 28.8 Å². The first-order chi connectivity index (χ1) is 15.0. The molecular formula is C25H22Cl2O4. The minimum atomic E-state index is -1.64. The minimum absolute atomic E-state index is 0.283. The van der Waals surface area contributed by atoms with E-state index < -0.39 is 17.3 Å². The number of ether oxygens (including phenoxy) is 2. The molecule has 3 aromatic carbocycles. The van der Waals surface area contributed by atoms with Gasteiger partial charge in [0.1, 0.15) is 18.1 Å². The molecule has 0 bridgehead atoms. The molecule has 0 aromatic heterocycles. The van der Waals surface area contributed by atoms with Crippen molar-refractivity contribution in [2.24, 2.45) is 0 Å². The summed E-state index contributed by atoms with van der Waals surface area (Å²) in [5, 5.41) is 24.0. The third-order valence-electron chi connectivity index (χ3n) is 6.45. The van der Waals surface area contributed by atoms with E-state index in [1.54, 1.807) is 30.3 Å². The van der Waals surface area contributed by atoms with Crippen LogP contribution in [0.1, 0.15) is 29.0 Å². The predicted molar refractivity (Wildman–Crippen MR) is 120 cm³/mol. The number of aliphatic hydroxyl groups is 2. The van der Waals surface area contributed by atoms with Crippen LogP contribution in [0.4, 0.5) is 0 Å². The fourth-order valence-electron chi connectivity index (χ4n) is 5.16. The van der Waals surface area contributed by atoms with E-state index >= 15 is 0 Å². The van der Waals surface area contributed by atoms with Crippen LogP contribution in [0.2, 0.25) is 5.02 Å². The first-order valence-electron chi connectivity index (χ1n) is 10.2. The second kappa shape index (κ2) is 7.72. The molecule has 1 aliphatic heterocycles. The first kappa shape index (κ1) is 20.7. The Hall–Kier alpha value is -2.24. The van der Waals surface area contributed by atoms with E-state index in [9.17, 15) is 10.2 Å². The van der Waals surface area contributed by atoms with Gasteiger partial charge in [0.2, 0.25) is 0 Å². The lowest BCUT2D eigenvalue weighted by molar-refractivity contribution is -0.149. The van der Waals surface area contributed by atoms with Gasteiger partial charge < -0.3 is 19.7 Å². The van der Waals surface area contributed by atoms with E-state index in [4.69, 9.17) is 32.7 Å². The largest absolute Gasteiger partial charge is 0.492 e. The van der Waals surface area contributed by atoms with E-state index in [0.717, 1.165) is 11.1 Å². The molecule has 2 aliphatic rings. The SMILES string of the molecule is O[C@H]1C[C@@H](c2ccccc2)[C@]2(c3ccc(Cl)cc3)Oc3cc(OCCCl)ccc3[C@]12O. The average Bonchev–Trinajstić information content (AvgIpc) is 3.18. The van der Waals surface area contributed by atoms with Crippen molar-refractivity contribution in [3.8, 4) is 11.5 Å². The molecule has 1 heterocycles. The summed E-state index contributed by atoms with van der Waals surface area (Å²) in [6.45, 7) is 0.363. The molecule has 3 aromatic rings. The van der Waals surface area contributed by atoms with Gasteiger partial charge in [0.15, 0.2) is 11.2 Å². The maximum absolute atomic E-state index is 12.2. The quantitative estimate of drug-likeness (QED) is 0.531. The fraction of sp³-hybridized carbons (Fsp3) is 0.280. The van der Waals surface area contributed by atoms with Crippen molar-refractivity contribution >= 4 is 23.2 Å². The zero-order valence-electron chi connectivity index (χ0n) is 16.7. The Kier molecular flexibility index (Phi) is 5.14. The lowest BCUT2D eigenvalue weighted by Gasteiger charge is -2.40. The third kappa shape index (κ3) is 2.97. The standard InChI is InChI=1S/C25H22Cl2O4/c26-12-13-30-19-10-11-20-22(14-19)31-25(17-6-8-18(27)9-7-17)21(15-23(28)24(20,25)29)16-4-2-1-3-5-16/h1-11,14,21,23,28-29H,12-13,15H2/t21-,23-,24-,25-/m0/s1. The summed E-state index contributed by atoms with van der Waals surface area (Å²) in [5.74, 6) is 1.17. The highest BCUT2D eigenvalue weighted by Crippen LogP contribution is 2.66. The van der Waals surface area contributed by atoms with Gasteiger partial charge in [0.25, 0.3) is 0 Å². The summed E-state index contributed by atoms with van der Waals surface area (Å²) in [5.41, 5.74) is -0.567. The van der Waals surface area contributed by atoms with Crippen LogP contribution >= 0.6 is 23.2 Å². The van der Waals surface area contributed by atoms with Gasteiger partial charge in [-0.1, -0.05) is 54.1 Å². The zero-order chi connectivity index (χ0) is 21.6. The molecular weight excluding hydrogens is 435 g/mol. The summed E-state index contributed by atoms with van der Waals surface area (Å²) in [4.78, 5) is 0. The van der Waals surface area contributed by atoms with E-state index in [-0.39, 0.29) is 5.92 Å². The van der Waals surface area contributed by atoms with Crippen molar-refractivity contribution in [2.45, 2.75) is 29.6 Å². The molecule has 5 rings (SSSR count). The van der Waals surface area contributed by atoms with Crippen LogP contribution < -0.4 is 9.47 Å². The summed E-state index contributed by atoms with van der Waals surface area (Å²) >= 11 is 11.9. The molecule has 0 amide bonds. The molecule has 2 N–H and O–H groups in total. The van der Waals surface area contributed by atoms with Crippen LogP contribution in [0.15, 0.2) is 72.8 Å². The lowest BCUT2D eigenvalue weighted by atomic mass is 9.71. The number of hydrogen-bond acceptors (Lipinski definition) is 4. The highest BCUT2D eigenvalue weighted by molar-refractivity contribution is 6.30. The zero-order valence-corrected chi connectivity index (χ0v) is 18.2. The van der Waals surface area contributed by atoms with Gasteiger partial charge in [-0.15, -0.1) is 11.6 Å². The van der Waals surface area contributed by atoms with Gasteiger partial charge >= 0.3 is 0 Å². The molecule has 0 spiro atoms. The Morgan fingerprint density at radius 3 is 2.48 bits per heavy atom. The van der Waals surface area contributed by atoms with Crippen LogP contribution in [-0.2, 0) is 11.2 Å². The monoisotopic (exact) mass is 456 g/mol. The van der Waals surface area contributed by atoms with E-state index in [0.29, 0.717) is 41.0 Å². The van der Waals surface area contributed by atoms with Crippen molar-refractivity contribution in [1.29, 1.82) is 0 Å². The number of benzene rings is 3. The van der Waals surface area contributed by atoms with Gasteiger partial charge in [-0.25, -0.2) is 0 Å². The van der Waals surface area contributed by atoms with Gasteiger partial charge in [-0.05, 0) is 41.8 Å². The minimum Gasteiger partial charge on any atom is -0.492 e. The Labute approximate surface area is 191 Å². The highest BCUT2D eigenvalue weighted by Gasteiger charge is 2.72. The molecule has 0 saturated heterocycles. The molecule has 4 atom stereocenters. The number of rotatable bonds is 5. The van der Waals surface area contributed by atoms with Gasteiger partial charge in [0, 0.05) is 22.6 Å².